The van der Waals surface area contributed by atoms with Crippen LogP contribution in [0.25, 0.3) is 11.3 Å². The highest BCUT2D eigenvalue weighted by atomic mass is 19.4. The highest BCUT2D eigenvalue weighted by Crippen LogP contribution is 2.46. The van der Waals surface area contributed by atoms with Crippen LogP contribution in [0.2, 0.25) is 0 Å². The van der Waals surface area contributed by atoms with Gasteiger partial charge in [0.1, 0.15) is 0 Å². The molecule has 0 aromatic carbocycles. The van der Waals surface area contributed by atoms with Gasteiger partial charge in [0, 0.05) is 43.2 Å². The standard InChI is InChI=1S/C23H20F3N7O/c24-23(25,26)16-9-14(10-29-20(16)13-1-2-13)17-3-4-18-21(30-17)33(15-5-8-32(18)12-15)22(34)31-19-11-27-6-7-28-19/h3-4,6-7,9-11,13,15H,1-2,5,8,12H2,(H,28,31,34). The number of halogens is 3. The van der Waals surface area contributed by atoms with Crippen molar-refractivity contribution in [2.45, 2.75) is 37.4 Å². The molecule has 174 valence electrons. The molecular formula is C23H20F3N7O. The minimum absolute atomic E-state index is 0.100. The third-order valence-corrected chi connectivity index (χ3v) is 6.45. The summed E-state index contributed by atoms with van der Waals surface area (Å²) in [4.78, 5) is 33.8. The van der Waals surface area contributed by atoms with Crippen LogP contribution >= 0.6 is 0 Å². The number of anilines is 3. The molecule has 8 nitrogen and oxygen atoms in total. The van der Waals surface area contributed by atoms with E-state index in [0.717, 1.165) is 37.6 Å². The largest absolute Gasteiger partial charge is 0.418 e. The summed E-state index contributed by atoms with van der Waals surface area (Å²) in [5, 5.41) is 2.74. The number of aromatic nitrogens is 4. The van der Waals surface area contributed by atoms with Crippen LogP contribution in [0.15, 0.2) is 43.0 Å². The Labute approximate surface area is 192 Å². The van der Waals surface area contributed by atoms with Crippen LogP contribution in [-0.2, 0) is 6.18 Å². The fraction of sp³-hybridized carbons (Fsp3) is 0.348. The molecule has 5 heterocycles. The number of hydrogen-bond acceptors (Lipinski definition) is 6. The van der Waals surface area contributed by atoms with Crippen molar-refractivity contribution in [3.05, 3.63) is 54.2 Å². The highest BCUT2D eigenvalue weighted by molar-refractivity contribution is 6.04. The molecule has 1 unspecified atom stereocenters. The zero-order valence-corrected chi connectivity index (χ0v) is 18.0. The van der Waals surface area contributed by atoms with Gasteiger partial charge in [0.2, 0.25) is 0 Å². The van der Waals surface area contributed by atoms with E-state index >= 15 is 0 Å². The number of rotatable bonds is 3. The quantitative estimate of drug-likeness (QED) is 0.612. The third kappa shape index (κ3) is 3.61. The molecule has 1 saturated heterocycles. The lowest BCUT2D eigenvalue weighted by atomic mass is 10.0. The van der Waals surface area contributed by atoms with Crippen molar-refractivity contribution in [3.63, 3.8) is 0 Å². The summed E-state index contributed by atoms with van der Waals surface area (Å²) in [6.45, 7) is 1.43. The molecular weight excluding hydrogens is 447 g/mol. The van der Waals surface area contributed by atoms with E-state index in [2.05, 4.69) is 30.2 Å². The molecule has 1 aliphatic carbocycles. The first-order chi connectivity index (χ1) is 16.4. The number of carbonyl (C=O) groups is 1. The van der Waals surface area contributed by atoms with Gasteiger partial charge in [0.25, 0.3) is 0 Å². The molecule has 2 amide bonds. The Balaban J connectivity index is 1.39. The van der Waals surface area contributed by atoms with E-state index in [1.165, 1.54) is 24.8 Å². The lowest BCUT2D eigenvalue weighted by Gasteiger charge is -2.35. The first kappa shape index (κ1) is 20.8. The second-order valence-corrected chi connectivity index (χ2v) is 8.75. The number of urea groups is 1. The molecule has 6 rings (SSSR count). The Kier molecular flexibility index (Phi) is 4.68. The maximum Gasteiger partial charge on any atom is 0.418 e. The van der Waals surface area contributed by atoms with E-state index in [9.17, 15) is 18.0 Å². The minimum Gasteiger partial charge on any atom is -0.366 e. The molecule has 34 heavy (non-hydrogen) atoms. The average Bonchev–Trinajstić information content (AvgIpc) is 3.59. The van der Waals surface area contributed by atoms with E-state index in [-0.39, 0.29) is 23.2 Å². The second-order valence-electron chi connectivity index (χ2n) is 8.75. The van der Waals surface area contributed by atoms with Crippen LogP contribution in [0, 0.1) is 0 Å². The number of fused-ring (bicyclic) bond motifs is 4. The van der Waals surface area contributed by atoms with E-state index in [0.29, 0.717) is 23.9 Å². The molecule has 11 heteroatoms. The number of amides is 2. The molecule has 1 saturated carbocycles. The van der Waals surface area contributed by atoms with Crippen molar-refractivity contribution >= 4 is 23.4 Å². The van der Waals surface area contributed by atoms with E-state index < -0.39 is 17.8 Å². The second kappa shape index (κ2) is 7.64. The Morgan fingerprint density at radius 3 is 2.68 bits per heavy atom. The topological polar surface area (TPSA) is 87.1 Å². The molecule has 2 aliphatic heterocycles. The van der Waals surface area contributed by atoms with Gasteiger partial charge in [-0.05, 0) is 37.5 Å². The van der Waals surface area contributed by atoms with Crippen molar-refractivity contribution in [2.75, 3.05) is 28.2 Å². The van der Waals surface area contributed by atoms with Gasteiger partial charge in [0.05, 0.1) is 34.9 Å². The summed E-state index contributed by atoms with van der Waals surface area (Å²) >= 11 is 0. The van der Waals surface area contributed by atoms with Gasteiger partial charge < -0.3 is 4.90 Å². The summed E-state index contributed by atoms with van der Waals surface area (Å²) in [6.07, 6.45) is 3.58. The predicted octanol–water partition coefficient (Wildman–Crippen LogP) is 4.46. The fourth-order valence-corrected chi connectivity index (χ4v) is 4.69. The molecule has 3 aliphatic rings. The van der Waals surface area contributed by atoms with Crippen molar-refractivity contribution in [1.82, 2.24) is 19.9 Å². The Bertz CT molecular complexity index is 1260. The van der Waals surface area contributed by atoms with Crippen molar-refractivity contribution < 1.29 is 18.0 Å². The van der Waals surface area contributed by atoms with Gasteiger partial charge in [-0.25, -0.2) is 14.8 Å². The highest BCUT2D eigenvalue weighted by Gasteiger charge is 2.42. The zero-order chi connectivity index (χ0) is 23.4. The number of nitrogens with zero attached hydrogens (tertiary/aromatic N) is 6. The lowest BCUT2D eigenvalue weighted by molar-refractivity contribution is -0.138. The summed E-state index contributed by atoms with van der Waals surface area (Å²) in [6, 6.07) is 4.11. The normalized spacial score (nSPS) is 19.2. The smallest absolute Gasteiger partial charge is 0.366 e. The fourth-order valence-electron chi connectivity index (χ4n) is 4.69. The van der Waals surface area contributed by atoms with Gasteiger partial charge in [-0.15, -0.1) is 0 Å². The minimum atomic E-state index is -4.50. The molecule has 3 aromatic rings. The van der Waals surface area contributed by atoms with Crippen LogP contribution in [0.1, 0.15) is 36.4 Å². The summed E-state index contributed by atoms with van der Waals surface area (Å²) in [7, 11) is 0. The number of pyridine rings is 2. The van der Waals surface area contributed by atoms with Gasteiger partial charge in [-0.2, -0.15) is 13.2 Å². The Morgan fingerprint density at radius 2 is 1.94 bits per heavy atom. The van der Waals surface area contributed by atoms with E-state index in [1.54, 1.807) is 11.0 Å². The van der Waals surface area contributed by atoms with Gasteiger partial charge in [-0.1, -0.05) is 0 Å². The maximum absolute atomic E-state index is 13.8. The van der Waals surface area contributed by atoms with Gasteiger partial charge in [-0.3, -0.25) is 20.2 Å². The van der Waals surface area contributed by atoms with Crippen LogP contribution in [0.3, 0.4) is 0 Å². The summed E-state index contributed by atoms with van der Waals surface area (Å²) in [5.74, 6) is 0.582. The van der Waals surface area contributed by atoms with E-state index in [1.807, 2.05) is 6.07 Å². The SMILES string of the molecule is O=C(Nc1cnccn1)N1c2nc(-c3cnc(C4CC4)c(C(F)(F)F)c3)ccc2N2CCC1C2. The molecule has 3 aromatic heterocycles. The Morgan fingerprint density at radius 1 is 1.09 bits per heavy atom. The average molecular weight is 467 g/mol. The Hall–Kier alpha value is -3.76. The number of carbonyl (C=O) groups excluding carboxylic acids is 1. The molecule has 1 atom stereocenters. The molecule has 2 bridgehead atoms. The summed E-state index contributed by atoms with van der Waals surface area (Å²) in [5.41, 5.74) is 0.752. The first-order valence-electron chi connectivity index (χ1n) is 11.1. The van der Waals surface area contributed by atoms with Crippen molar-refractivity contribution in [3.8, 4) is 11.3 Å². The predicted molar refractivity (Wildman–Crippen MR) is 119 cm³/mol. The maximum atomic E-state index is 13.8. The molecule has 0 radical (unpaired) electrons. The lowest BCUT2D eigenvalue weighted by Crippen LogP contribution is -2.48. The van der Waals surface area contributed by atoms with Gasteiger partial charge >= 0.3 is 12.2 Å². The summed E-state index contributed by atoms with van der Waals surface area (Å²) < 4.78 is 41.3. The zero-order valence-electron chi connectivity index (χ0n) is 18.0. The van der Waals surface area contributed by atoms with Crippen molar-refractivity contribution in [1.29, 1.82) is 0 Å². The van der Waals surface area contributed by atoms with Crippen LogP contribution < -0.4 is 15.1 Å². The number of alkyl halides is 3. The van der Waals surface area contributed by atoms with Gasteiger partial charge in [0.15, 0.2) is 11.6 Å². The van der Waals surface area contributed by atoms with Crippen LogP contribution in [0.4, 0.5) is 35.3 Å². The monoisotopic (exact) mass is 467 g/mol. The van der Waals surface area contributed by atoms with Crippen LogP contribution in [-0.4, -0.2) is 45.1 Å². The first-order valence-corrected chi connectivity index (χ1v) is 11.1. The number of hydrogen-bond donors (Lipinski definition) is 1. The molecule has 0 spiro atoms. The molecule has 1 N–H and O–H groups in total. The van der Waals surface area contributed by atoms with Crippen molar-refractivity contribution in [2.24, 2.45) is 0 Å². The van der Waals surface area contributed by atoms with Crippen LogP contribution in [0.5, 0.6) is 0 Å². The number of nitrogens with one attached hydrogen (secondary N) is 1. The third-order valence-electron chi connectivity index (χ3n) is 6.45. The molecule has 2 fully saturated rings. The van der Waals surface area contributed by atoms with E-state index in [4.69, 9.17) is 0 Å².